The van der Waals surface area contributed by atoms with E-state index in [1.165, 1.54) is 75.9 Å². The van der Waals surface area contributed by atoms with Crippen molar-refractivity contribution in [3.8, 4) is 39.1 Å². The van der Waals surface area contributed by atoms with Gasteiger partial charge in [-0.25, -0.2) is 0 Å². The first-order chi connectivity index (χ1) is 31.2. The highest BCUT2D eigenvalue weighted by molar-refractivity contribution is 7.19. The van der Waals surface area contributed by atoms with Gasteiger partial charge in [-0.3, -0.25) is 0 Å². The minimum Gasteiger partial charge on any atom is -0.456 e. The van der Waals surface area contributed by atoms with Crippen LogP contribution < -0.4 is 20.7 Å². The second kappa shape index (κ2) is 15.2. The van der Waals surface area contributed by atoms with Crippen molar-refractivity contribution < 1.29 is 4.42 Å². The highest BCUT2D eigenvalue weighted by atomic mass is 28.3. The summed E-state index contributed by atoms with van der Waals surface area (Å²) in [6, 6.07) is 91.3. The van der Waals surface area contributed by atoms with E-state index in [1.807, 2.05) is 12.1 Å². The third-order valence-electron chi connectivity index (χ3n) is 12.9. The van der Waals surface area contributed by atoms with E-state index in [9.17, 15) is 0 Å². The number of aromatic nitrogens is 1. The number of benzene rings is 10. The fourth-order valence-electron chi connectivity index (χ4n) is 10.0. The third kappa shape index (κ3) is 6.16. The number of rotatable bonds is 8. The molecule has 0 atom stereocenters. The summed E-state index contributed by atoms with van der Waals surface area (Å²) in [6.07, 6.45) is 0. The Morgan fingerprint density at radius 3 is 1.25 bits per heavy atom. The van der Waals surface area contributed by atoms with E-state index in [-0.39, 0.29) is 0 Å². The zero-order valence-corrected chi connectivity index (χ0v) is 35.5. The Kier molecular flexibility index (Phi) is 8.87. The highest BCUT2D eigenvalue weighted by Crippen LogP contribution is 2.39. The molecule has 3 heteroatoms. The molecule has 0 aliphatic carbocycles. The molecule has 0 unspecified atom stereocenters. The number of fused-ring (bicyclic) bond motifs is 6. The van der Waals surface area contributed by atoms with Gasteiger partial charge in [0.15, 0.2) is 8.07 Å². The maximum absolute atomic E-state index is 6.19. The lowest BCUT2D eigenvalue weighted by Gasteiger charge is -2.34. The smallest absolute Gasteiger partial charge is 0.179 e. The van der Waals surface area contributed by atoms with E-state index in [1.54, 1.807) is 0 Å². The first-order valence-electron chi connectivity index (χ1n) is 21.7. The average molecular weight is 820 g/mol. The van der Waals surface area contributed by atoms with Gasteiger partial charge in [0.2, 0.25) is 0 Å². The van der Waals surface area contributed by atoms with Gasteiger partial charge in [-0.05, 0) is 115 Å². The normalized spacial score (nSPS) is 11.8. The standard InChI is InChI=1S/C60H41NOSi/c1-5-20-48(21-6-1)61-57-34-31-45(39-54(57)55-40-46(32-35-58(55)61)47-33-36-60-56(41-47)53-29-13-14-30-59(53)62-60)43-18-15-17-42(37-43)44-19-16-28-52(38-44)63(49-22-7-2-8-23-49,50-24-9-3-10-25-50)51-26-11-4-12-27-51/h1-41H. The molecule has 0 saturated carbocycles. The molecule has 0 amide bonds. The molecule has 63 heavy (non-hydrogen) atoms. The number of furan rings is 1. The molecule has 296 valence electrons. The van der Waals surface area contributed by atoms with Crippen molar-refractivity contribution in [1.29, 1.82) is 0 Å². The van der Waals surface area contributed by atoms with E-state index < -0.39 is 8.07 Å². The lowest BCUT2D eigenvalue weighted by Crippen LogP contribution is -2.74. The van der Waals surface area contributed by atoms with Gasteiger partial charge < -0.3 is 8.98 Å². The second-order valence-corrected chi connectivity index (χ2v) is 20.3. The van der Waals surface area contributed by atoms with Gasteiger partial charge in [0, 0.05) is 27.2 Å². The summed E-state index contributed by atoms with van der Waals surface area (Å²) in [7, 11) is -2.68. The lowest BCUT2D eigenvalue weighted by molar-refractivity contribution is 0.669. The van der Waals surface area contributed by atoms with E-state index in [2.05, 4.69) is 241 Å². The van der Waals surface area contributed by atoms with Crippen LogP contribution in [0, 0.1) is 0 Å². The van der Waals surface area contributed by atoms with Crippen LogP contribution in [0.1, 0.15) is 0 Å². The summed E-state index contributed by atoms with van der Waals surface area (Å²) in [5.74, 6) is 0. The summed E-state index contributed by atoms with van der Waals surface area (Å²) in [4.78, 5) is 0. The Morgan fingerprint density at radius 1 is 0.270 bits per heavy atom. The molecule has 10 aromatic carbocycles. The Bertz CT molecular complexity index is 3510. The van der Waals surface area contributed by atoms with Gasteiger partial charge >= 0.3 is 0 Å². The number of para-hydroxylation sites is 2. The van der Waals surface area contributed by atoms with Crippen molar-refractivity contribution in [1.82, 2.24) is 4.57 Å². The summed E-state index contributed by atoms with van der Waals surface area (Å²) in [5, 5.41) is 10.2. The van der Waals surface area contributed by atoms with E-state index in [0.29, 0.717) is 0 Å². The van der Waals surface area contributed by atoms with E-state index >= 15 is 0 Å². The van der Waals surface area contributed by atoms with Crippen molar-refractivity contribution in [2.75, 3.05) is 0 Å². The molecule has 0 fully saturated rings. The summed E-state index contributed by atoms with van der Waals surface area (Å²) in [5.41, 5.74) is 12.5. The van der Waals surface area contributed by atoms with Crippen molar-refractivity contribution in [3.63, 3.8) is 0 Å². The van der Waals surface area contributed by atoms with Crippen LogP contribution in [0.15, 0.2) is 253 Å². The number of nitrogens with zero attached hydrogens (tertiary/aromatic N) is 1. The SMILES string of the molecule is c1ccc(-n2c3ccc(-c4cccc(-c5cccc([Si](c6ccccc6)(c6ccccc6)c6ccccc6)c5)c4)cc3c3cc(-c4ccc5oc6ccccc6c5c4)ccc32)cc1. The maximum atomic E-state index is 6.19. The van der Waals surface area contributed by atoms with Gasteiger partial charge in [0.05, 0.1) is 11.0 Å². The highest BCUT2D eigenvalue weighted by Gasteiger charge is 2.41. The Morgan fingerprint density at radius 2 is 0.683 bits per heavy atom. The average Bonchev–Trinajstić information content (AvgIpc) is 3.90. The first kappa shape index (κ1) is 36.8. The van der Waals surface area contributed by atoms with Crippen LogP contribution in [-0.4, -0.2) is 12.6 Å². The first-order valence-corrected chi connectivity index (χ1v) is 23.7. The molecule has 0 spiro atoms. The van der Waals surface area contributed by atoms with Crippen LogP contribution in [0.3, 0.4) is 0 Å². The largest absolute Gasteiger partial charge is 0.456 e. The van der Waals surface area contributed by atoms with Crippen molar-refractivity contribution >= 4 is 72.6 Å². The molecule has 0 bridgehead atoms. The van der Waals surface area contributed by atoms with Crippen molar-refractivity contribution in [3.05, 3.63) is 249 Å². The van der Waals surface area contributed by atoms with Crippen LogP contribution in [0.25, 0.3) is 82.8 Å². The zero-order valence-electron chi connectivity index (χ0n) is 34.5. The predicted octanol–water partition coefficient (Wildman–Crippen LogP) is 13.1. The maximum Gasteiger partial charge on any atom is 0.179 e. The molecule has 2 nitrogen and oxygen atoms in total. The van der Waals surface area contributed by atoms with Crippen molar-refractivity contribution in [2.45, 2.75) is 0 Å². The Hall–Kier alpha value is -7.98. The van der Waals surface area contributed by atoms with Crippen LogP contribution >= 0.6 is 0 Å². The summed E-state index contributed by atoms with van der Waals surface area (Å²) < 4.78 is 8.59. The zero-order chi connectivity index (χ0) is 41.7. The van der Waals surface area contributed by atoms with Gasteiger partial charge in [0.25, 0.3) is 0 Å². The number of hydrogen-bond donors (Lipinski definition) is 0. The predicted molar refractivity (Wildman–Crippen MR) is 268 cm³/mol. The second-order valence-electron chi connectivity index (χ2n) is 16.5. The fourth-order valence-corrected chi connectivity index (χ4v) is 14.8. The molecular formula is C60H41NOSi. The fraction of sp³-hybridized carbons (Fsp3) is 0. The molecule has 0 radical (unpaired) electrons. The van der Waals surface area contributed by atoms with Gasteiger partial charge in [-0.15, -0.1) is 0 Å². The van der Waals surface area contributed by atoms with Crippen molar-refractivity contribution in [2.24, 2.45) is 0 Å². The van der Waals surface area contributed by atoms with Gasteiger partial charge in [-0.2, -0.15) is 0 Å². The Labute approximate surface area is 367 Å². The molecule has 0 aliphatic heterocycles. The van der Waals surface area contributed by atoms with Crippen LogP contribution in [0.2, 0.25) is 0 Å². The molecule has 0 saturated heterocycles. The molecule has 2 aromatic heterocycles. The molecule has 12 aromatic rings. The van der Waals surface area contributed by atoms with Gasteiger partial charge in [-0.1, -0.05) is 188 Å². The van der Waals surface area contributed by atoms with Crippen LogP contribution in [0.5, 0.6) is 0 Å². The van der Waals surface area contributed by atoms with Gasteiger partial charge in [0.1, 0.15) is 11.2 Å². The molecule has 0 N–H and O–H groups in total. The number of hydrogen-bond acceptors (Lipinski definition) is 1. The molecule has 0 aliphatic rings. The van der Waals surface area contributed by atoms with Crippen LogP contribution in [0.4, 0.5) is 0 Å². The minimum absolute atomic E-state index is 0.908. The quantitative estimate of drug-likeness (QED) is 0.110. The molecule has 2 heterocycles. The molecule has 12 rings (SSSR count). The van der Waals surface area contributed by atoms with E-state index in [0.717, 1.165) is 27.6 Å². The van der Waals surface area contributed by atoms with Crippen LogP contribution in [-0.2, 0) is 0 Å². The summed E-state index contributed by atoms with van der Waals surface area (Å²) >= 11 is 0. The minimum atomic E-state index is -2.68. The molecular weight excluding hydrogens is 779 g/mol. The Balaban J connectivity index is 0.998. The van der Waals surface area contributed by atoms with E-state index in [4.69, 9.17) is 4.42 Å². The summed E-state index contributed by atoms with van der Waals surface area (Å²) in [6.45, 7) is 0. The monoisotopic (exact) mass is 819 g/mol. The third-order valence-corrected chi connectivity index (χ3v) is 17.7. The lowest BCUT2D eigenvalue weighted by atomic mass is 9.97. The topological polar surface area (TPSA) is 18.1 Å².